The van der Waals surface area contributed by atoms with E-state index in [1.165, 1.54) is 23.5 Å². The van der Waals surface area contributed by atoms with Crippen molar-refractivity contribution in [3.05, 3.63) is 40.7 Å². The fourth-order valence-corrected chi connectivity index (χ4v) is 3.43. The van der Waals surface area contributed by atoms with Crippen LogP contribution in [0.5, 0.6) is 0 Å². The molecule has 0 bridgehead atoms. The predicted octanol–water partition coefficient (Wildman–Crippen LogP) is 2.27. The largest absolute Gasteiger partial charge is 0.354 e. The lowest BCUT2D eigenvalue weighted by atomic mass is 10.1. The van der Waals surface area contributed by atoms with Gasteiger partial charge in [0.15, 0.2) is 0 Å². The molecule has 1 fully saturated rings. The number of hydrogen-bond donors (Lipinski definition) is 2. The van der Waals surface area contributed by atoms with Crippen molar-refractivity contribution in [1.82, 2.24) is 15.6 Å². The summed E-state index contributed by atoms with van der Waals surface area (Å²) in [6.07, 6.45) is 1.49. The summed E-state index contributed by atoms with van der Waals surface area (Å²) < 4.78 is 13.0. The van der Waals surface area contributed by atoms with E-state index in [2.05, 4.69) is 15.6 Å². The summed E-state index contributed by atoms with van der Waals surface area (Å²) >= 11 is 1.24. The highest BCUT2D eigenvalue weighted by atomic mass is 32.1. The molecule has 1 saturated heterocycles. The van der Waals surface area contributed by atoms with Crippen LogP contribution in [-0.2, 0) is 4.79 Å². The second kappa shape index (κ2) is 6.45. The lowest BCUT2D eigenvalue weighted by Gasteiger charge is -2.22. The number of piperidine rings is 1. The molecule has 0 unspecified atom stereocenters. The molecule has 0 aliphatic carbocycles. The number of aromatic nitrogens is 1. The van der Waals surface area contributed by atoms with Crippen molar-refractivity contribution in [2.45, 2.75) is 25.8 Å². The van der Waals surface area contributed by atoms with Crippen LogP contribution in [0.3, 0.4) is 0 Å². The highest BCUT2D eigenvalue weighted by Crippen LogP contribution is 2.28. The Labute approximate surface area is 136 Å². The first-order valence-electron chi connectivity index (χ1n) is 7.36. The molecule has 0 spiro atoms. The molecule has 5 nitrogen and oxygen atoms in total. The minimum atomic E-state index is -0.493. The number of carbonyl (C=O) groups excluding carboxylic acids is 2. The van der Waals surface area contributed by atoms with Crippen LogP contribution < -0.4 is 10.6 Å². The summed E-state index contributed by atoms with van der Waals surface area (Å²) in [6, 6.07) is 5.48. The second-order valence-corrected chi connectivity index (χ2v) is 6.40. The lowest BCUT2D eigenvalue weighted by Crippen LogP contribution is -2.50. The fraction of sp³-hybridized carbons (Fsp3) is 0.312. The van der Waals surface area contributed by atoms with Gasteiger partial charge < -0.3 is 10.6 Å². The van der Waals surface area contributed by atoms with Crippen molar-refractivity contribution in [3.8, 4) is 10.6 Å². The molecule has 2 aromatic rings. The predicted molar refractivity (Wildman–Crippen MR) is 85.7 cm³/mol. The zero-order valence-electron chi connectivity index (χ0n) is 12.6. The molecule has 0 saturated carbocycles. The van der Waals surface area contributed by atoms with Gasteiger partial charge in [-0.25, -0.2) is 9.37 Å². The molecule has 1 aliphatic rings. The van der Waals surface area contributed by atoms with Crippen molar-refractivity contribution in [1.29, 1.82) is 0 Å². The fourth-order valence-electron chi connectivity index (χ4n) is 2.46. The third kappa shape index (κ3) is 3.39. The maximum Gasteiger partial charge on any atom is 0.263 e. The molecule has 1 aliphatic heterocycles. The van der Waals surface area contributed by atoms with E-state index in [1.54, 1.807) is 19.1 Å². The standard InChI is InChI=1S/C16H16FN3O2S/c1-9-13(15(22)20-12-3-2-8-18-14(12)21)23-16(19-9)10-4-6-11(17)7-5-10/h4-7,12H,2-3,8H2,1H3,(H,18,21)(H,20,22)/t12-/m1/s1. The number of hydrogen-bond acceptors (Lipinski definition) is 4. The molecule has 23 heavy (non-hydrogen) atoms. The summed E-state index contributed by atoms with van der Waals surface area (Å²) in [7, 11) is 0. The summed E-state index contributed by atoms with van der Waals surface area (Å²) in [5.74, 6) is -0.760. The van der Waals surface area contributed by atoms with Gasteiger partial charge in [0.05, 0.1) is 5.69 Å². The molecule has 1 aromatic heterocycles. The number of nitrogens with zero attached hydrogens (tertiary/aromatic N) is 1. The van der Waals surface area contributed by atoms with Crippen molar-refractivity contribution in [2.75, 3.05) is 6.54 Å². The van der Waals surface area contributed by atoms with Crippen LogP contribution in [0.15, 0.2) is 24.3 Å². The van der Waals surface area contributed by atoms with Gasteiger partial charge in [-0.1, -0.05) is 0 Å². The highest BCUT2D eigenvalue weighted by Gasteiger charge is 2.26. The van der Waals surface area contributed by atoms with Crippen LogP contribution in [0.4, 0.5) is 4.39 Å². The van der Waals surface area contributed by atoms with Crippen molar-refractivity contribution in [3.63, 3.8) is 0 Å². The van der Waals surface area contributed by atoms with Crippen LogP contribution in [0.25, 0.3) is 10.6 Å². The molecule has 1 aromatic carbocycles. The minimum Gasteiger partial charge on any atom is -0.354 e. The number of rotatable bonds is 3. The minimum absolute atomic E-state index is 0.148. The average Bonchev–Trinajstić information content (AvgIpc) is 2.92. The number of nitrogens with one attached hydrogen (secondary N) is 2. The van der Waals surface area contributed by atoms with E-state index in [4.69, 9.17) is 0 Å². The molecule has 2 N–H and O–H groups in total. The van der Waals surface area contributed by atoms with E-state index >= 15 is 0 Å². The third-order valence-electron chi connectivity index (χ3n) is 3.68. The van der Waals surface area contributed by atoms with E-state index in [0.29, 0.717) is 28.5 Å². The van der Waals surface area contributed by atoms with Gasteiger partial charge in [0.1, 0.15) is 21.7 Å². The van der Waals surface area contributed by atoms with Crippen LogP contribution in [0.1, 0.15) is 28.2 Å². The quantitative estimate of drug-likeness (QED) is 0.905. The summed E-state index contributed by atoms with van der Waals surface area (Å²) in [5.41, 5.74) is 1.36. The lowest BCUT2D eigenvalue weighted by molar-refractivity contribution is -0.124. The zero-order valence-corrected chi connectivity index (χ0v) is 13.4. The van der Waals surface area contributed by atoms with Gasteiger partial charge in [0, 0.05) is 12.1 Å². The Morgan fingerprint density at radius 3 is 2.83 bits per heavy atom. The summed E-state index contributed by atoms with van der Waals surface area (Å²) in [6.45, 7) is 2.40. The summed E-state index contributed by atoms with van der Waals surface area (Å²) in [4.78, 5) is 29.0. The molecule has 3 rings (SSSR count). The van der Waals surface area contributed by atoms with Gasteiger partial charge in [-0.15, -0.1) is 11.3 Å². The number of aryl methyl sites for hydroxylation is 1. The molecule has 1 atom stereocenters. The monoisotopic (exact) mass is 333 g/mol. The van der Waals surface area contributed by atoms with Gasteiger partial charge in [-0.05, 0) is 44.0 Å². The Balaban J connectivity index is 1.78. The van der Waals surface area contributed by atoms with Crippen molar-refractivity contribution < 1.29 is 14.0 Å². The number of carbonyl (C=O) groups is 2. The second-order valence-electron chi connectivity index (χ2n) is 5.40. The van der Waals surface area contributed by atoms with Gasteiger partial charge in [-0.3, -0.25) is 9.59 Å². The Kier molecular flexibility index (Phi) is 4.38. The molecular weight excluding hydrogens is 317 g/mol. The Bertz CT molecular complexity index is 742. The van der Waals surface area contributed by atoms with E-state index in [-0.39, 0.29) is 17.6 Å². The molecular formula is C16H16FN3O2S. The van der Waals surface area contributed by atoms with Crippen LogP contribution in [0.2, 0.25) is 0 Å². The van der Waals surface area contributed by atoms with Crippen LogP contribution >= 0.6 is 11.3 Å². The normalized spacial score (nSPS) is 17.7. The van der Waals surface area contributed by atoms with Gasteiger partial charge in [-0.2, -0.15) is 0 Å². The molecule has 0 radical (unpaired) electrons. The smallest absolute Gasteiger partial charge is 0.263 e. The first-order chi connectivity index (χ1) is 11.0. The SMILES string of the molecule is Cc1nc(-c2ccc(F)cc2)sc1C(=O)N[C@@H]1CCCNC1=O. The first-order valence-corrected chi connectivity index (χ1v) is 8.18. The van der Waals surface area contributed by atoms with E-state index < -0.39 is 6.04 Å². The van der Waals surface area contributed by atoms with Gasteiger partial charge in [0.2, 0.25) is 5.91 Å². The average molecular weight is 333 g/mol. The van der Waals surface area contributed by atoms with E-state index in [0.717, 1.165) is 12.0 Å². The highest BCUT2D eigenvalue weighted by molar-refractivity contribution is 7.17. The molecule has 120 valence electrons. The van der Waals surface area contributed by atoms with E-state index in [1.807, 2.05) is 0 Å². The summed E-state index contributed by atoms with van der Waals surface area (Å²) in [5, 5.41) is 6.15. The van der Waals surface area contributed by atoms with Gasteiger partial charge in [0.25, 0.3) is 5.91 Å². The Morgan fingerprint density at radius 1 is 1.39 bits per heavy atom. The van der Waals surface area contributed by atoms with Crippen molar-refractivity contribution >= 4 is 23.2 Å². The van der Waals surface area contributed by atoms with E-state index in [9.17, 15) is 14.0 Å². The number of thiazole rings is 1. The first kappa shape index (κ1) is 15.6. The topological polar surface area (TPSA) is 71.1 Å². The Hall–Kier alpha value is -2.28. The maximum absolute atomic E-state index is 13.0. The van der Waals surface area contributed by atoms with Gasteiger partial charge >= 0.3 is 0 Å². The number of halogens is 1. The molecule has 2 amide bonds. The molecule has 2 heterocycles. The van der Waals surface area contributed by atoms with Crippen LogP contribution in [-0.4, -0.2) is 29.4 Å². The number of benzene rings is 1. The van der Waals surface area contributed by atoms with Crippen molar-refractivity contribution in [2.24, 2.45) is 0 Å². The Morgan fingerprint density at radius 2 is 2.13 bits per heavy atom. The molecule has 7 heteroatoms. The maximum atomic E-state index is 13.0. The van der Waals surface area contributed by atoms with Crippen LogP contribution in [0, 0.1) is 12.7 Å². The zero-order chi connectivity index (χ0) is 16.4. The number of amides is 2. The third-order valence-corrected chi connectivity index (χ3v) is 4.89.